The highest BCUT2D eigenvalue weighted by atomic mass is 16.6. The molecule has 0 atom stereocenters. The minimum absolute atomic E-state index is 0.295. The van der Waals surface area contributed by atoms with Crippen LogP contribution in [0.5, 0.6) is 11.5 Å². The highest BCUT2D eigenvalue weighted by molar-refractivity contribution is 5.87. The highest BCUT2D eigenvalue weighted by Crippen LogP contribution is 2.21. The fraction of sp³-hybridized carbons (Fsp3) is 0.160. The van der Waals surface area contributed by atoms with Gasteiger partial charge < -0.3 is 14.8 Å². The van der Waals surface area contributed by atoms with Crippen molar-refractivity contribution in [1.82, 2.24) is 19.9 Å². The van der Waals surface area contributed by atoms with E-state index in [-0.39, 0.29) is 0 Å². The Hall–Kier alpha value is -4.53. The van der Waals surface area contributed by atoms with Gasteiger partial charge in [0.05, 0.1) is 6.54 Å². The van der Waals surface area contributed by atoms with Crippen molar-refractivity contribution in [2.45, 2.75) is 13.5 Å². The Labute approximate surface area is 197 Å². The number of cyclic esters (lactones) is 1. The molecule has 0 bridgehead atoms. The predicted octanol–water partition coefficient (Wildman–Crippen LogP) is 4.62. The molecular formula is C25H24N6O3. The number of carbonyl (C=O) groups excluding carboxylic acids is 1. The molecular weight excluding hydrogens is 432 g/mol. The van der Waals surface area contributed by atoms with Crippen LogP contribution >= 0.6 is 0 Å². The number of benzene rings is 2. The van der Waals surface area contributed by atoms with Crippen molar-refractivity contribution in [1.29, 1.82) is 0 Å². The van der Waals surface area contributed by atoms with Crippen molar-refractivity contribution in [3.8, 4) is 11.5 Å². The normalized spacial score (nSPS) is 12.4. The molecule has 172 valence electrons. The molecule has 9 heteroatoms. The van der Waals surface area contributed by atoms with E-state index in [0.29, 0.717) is 37.4 Å². The molecule has 1 amide bonds. The minimum atomic E-state index is -0.439. The molecule has 0 saturated carbocycles. The summed E-state index contributed by atoms with van der Waals surface area (Å²) < 4.78 is 10.7. The summed E-state index contributed by atoms with van der Waals surface area (Å²) in [5.41, 5.74) is 1.04. The van der Waals surface area contributed by atoms with Crippen LogP contribution in [0.2, 0.25) is 0 Å². The van der Waals surface area contributed by atoms with Crippen molar-refractivity contribution in [2.75, 3.05) is 23.4 Å². The monoisotopic (exact) mass is 456 g/mol. The summed E-state index contributed by atoms with van der Waals surface area (Å²) in [7, 11) is 0. The Morgan fingerprint density at radius 2 is 1.62 bits per heavy atom. The second-order valence-corrected chi connectivity index (χ2v) is 7.21. The smallest absolute Gasteiger partial charge is 0.416 e. The van der Waals surface area contributed by atoms with Crippen molar-refractivity contribution in [2.24, 2.45) is 0 Å². The number of ether oxygens (including phenoxy) is 2. The number of hydrogen-bond donors (Lipinski definition) is 1. The van der Waals surface area contributed by atoms with E-state index < -0.39 is 6.09 Å². The molecule has 2 aromatic heterocycles. The average molecular weight is 457 g/mol. The summed E-state index contributed by atoms with van der Waals surface area (Å²) in [6, 6.07) is 23.1. The van der Waals surface area contributed by atoms with Gasteiger partial charge in [-0.3, -0.25) is 4.98 Å². The van der Waals surface area contributed by atoms with Crippen LogP contribution in [0, 0.1) is 6.92 Å². The number of carbonyl (C=O) groups is 1. The van der Waals surface area contributed by atoms with E-state index in [4.69, 9.17) is 9.47 Å². The maximum absolute atomic E-state index is 11.7. The lowest BCUT2D eigenvalue weighted by atomic mass is 10.2. The second-order valence-electron chi connectivity index (χ2n) is 7.21. The van der Waals surface area contributed by atoms with Gasteiger partial charge in [-0.15, -0.1) is 0 Å². The first-order chi connectivity index (χ1) is 16.7. The fourth-order valence-corrected chi connectivity index (χ4v) is 3.04. The van der Waals surface area contributed by atoms with Crippen LogP contribution in [0.1, 0.15) is 11.4 Å². The van der Waals surface area contributed by atoms with E-state index >= 15 is 0 Å². The molecule has 1 aliphatic rings. The molecule has 5 rings (SSSR count). The predicted molar refractivity (Wildman–Crippen MR) is 128 cm³/mol. The first-order valence-electron chi connectivity index (χ1n) is 10.7. The zero-order valence-corrected chi connectivity index (χ0v) is 18.7. The van der Waals surface area contributed by atoms with Crippen LogP contribution < -0.4 is 15.0 Å². The Morgan fingerprint density at radius 3 is 2.24 bits per heavy atom. The van der Waals surface area contributed by atoms with E-state index in [1.165, 1.54) is 4.90 Å². The Kier molecular flexibility index (Phi) is 7.58. The van der Waals surface area contributed by atoms with Gasteiger partial charge in [0.1, 0.15) is 23.9 Å². The Morgan fingerprint density at radius 1 is 0.912 bits per heavy atom. The topological polar surface area (TPSA) is 102 Å². The molecule has 3 heterocycles. The molecule has 1 fully saturated rings. The largest absolute Gasteiger partial charge is 0.457 e. The van der Waals surface area contributed by atoms with Crippen LogP contribution in [0.15, 0.2) is 85.2 Å². The average Bonchev–Trinajstić information content (AvgIpc) is 3.31. The van der Waals surface area contributed by atoms with Crippen LogP contribution in [0.4, 0.5) is 16.7 Å². The number of aromatic nitrogens is 4. The zero-order valence-electron chi connectivity index (χ0n) is 18.7. The van der Waals surface area contributed by atoms with Crippen molar-refractivity contribution < 1.29 is 14.3 Å². The number of hydrogen-bond acceptors (Lipinski definition) is 8. The number of aryl methyl sites for hydroxylation is 1. The lowest BCUT2D eigenvalue weighted by Gasteiger charge is -2.13. The number of anilines is 2. The summed E-state index contributed by atoms with van der Waals surface area (Å²) >= 11 is 0. The van der Waals surface area contributed by atoms with Gasteiger partial charge in [0.15, 0.2) is 0 Å². The van der Waals surface area contributed by atoms with Crippen LogP contribution in [-0.4, -0.2) is 39.2 Å². The SMILES string of the molecule is Cc1nc(NCc2ccc(Oc3ccccc3)cc2)nc(N2CCOC2=O)n1.c1ccncc1. The minimum Gasteiger partial charge on any atom is -0.457 e. The standard InChI is InChI=1S/C20H19N5O3.C5H5N/c1-14-22-18(24-19(23-14)25-11-12-27-20(25)26)21-13-15-7-9-17(10-8-15)28-16-5-3-2-4-6-16;1-2-4-6-5-3-1/h2-10H,11-13H2,1H3,(H,21,22,23,24);1-5H. The number of amides is 1. The van der Waals surface area contributed by atoms with Gasteiger partial charge in [0.2, 0.25) is 11.9 Å². The summed E-state index contributed by atoms with van der Waals surface area (Å²) in [6.07, 6.45) is 3.06. The number of nitrogens with one attached hydrogen (secondary N) is 1. The number of pyridine rings is 1. The second kappa shape index (κ2) is 11.4. The summed E-state index contributed by atoms with van der Waals surface area (Å²) in [5.74, 6) is 2.79. The lowest BCUT2D eigenvalue weighted by Crippen LogP contribution is -2.26. The fourth-order valence-electron chi connectivity index (χ4n) is 3.04. The van der Waals surface area contributed by atoms with Gasteiger partial charge in [0.25, 0.3) is 0 Å². The van der Waals surface area contributed by atoms with E-state index in [1.807, 2.05) is 72.8 Å². The molecule has 34 heavy (non-hydrogen) atoms. The van der Waals surface area contributed by atoms with Crippen molar-refractivity contribution in [3.05, 3.63) is 96.6 Å². The van der Waals surface area contributed by atoms with Gasteiger partial charge in [-0.25, -0.2) is 9.69 Å². The first-order valence-corrected chi connectivity index (χ1v) is 10.7. The molecule has 1 aliphatic heterocycles. The number of rotatable bonds is 6. The first kappa shape index (κ1) is 22.7. The molecule has 0 spiro atoms. The third-order valence-corrected chi connectivity index (χ3v) is 4.66. The summed E-state index contributed by atoms with van der Waals surface area (Å²) in [6.45, 7) is 3.06. The Bertz CT molecular complexity index is 1160. The third kappa shape index (κ3) is 6.49. The molecule has 9 nitrogen and oxygen atoms in total. The van der Waals surface area contributed by atoms with E-state index in [1.54, 1.807) is 19.3 Å². The summed E-state index contributed by atoms with van der Waals surface area (Å²) in [5, 5.41) is 3.17. The van der Waals surface area contributed by atoms with E-state index in [0.717, 1.165) is 17.1 Å². The maximum Gasteiger partial charge on any atom is 0.416 e. The Balaban J connectivity index is 0.000000398. The molecule has 0 aliphatic carbocycles. The molecule has 0 unspecified atom stereocenters. The van der Waals surface area contributed by atoms with Crippen LogP contribution in [0.25, 0.3) is 0 Å². The van der Waals surface area contributed by atoms with E-state index in [9.17, 15) is 4.79 Å². The van der Waals surface area contributed by atoms with Crippen molar-refractivity contribution >= 4 is 18.0 Å². The molecule has 1 N–H and O–H groups in total. The van der Waals surface area contributed by atoms with Crippen LogP contribution in [0.3, 0.4) is 0 Å². The zero-order chi connectivity index (χ0) is 23.6. The van der Waals surface area contributed by atoms with Crippen LogP contribution in [-0.2, 0) is 11.3 Å². The maximum atomic E-state index is 11.7. The number of nitrogens with zero attached hydrogens (tertiary/aromatic N) is 5. The molecule has 4 aromatic rings. The third-order valence-electron chi connectivity index (χ3n) is 4.66. The highest BCUT2D eigenvalue weighted by Gasteiger charge is 2.26. The molecule has 2 aromatic carbocycles. The molecule has 0 radical (unpaired) electrons. The summed E-state index contributed by atoms with van der Waals surface area (Å²) in [4.78, 5) is 29.7. The van der Waals surface area contributed by atoms with Crippen molar-refractivity contribution in [3.63, 3.8) is 0 Å². The van der Waals surface area contributed by atoms with Gasteiger partial charge >= 0.3 is 6.09 Å². The molecule has 1 saturated heterocycles. The quantitative estimate of drug-likeness (QED) is 0.448. The van der Waals surface area contributed by atoms with Gasteiger partial charge in [0, 0.05) is 18.9 Å². The number of para-hydroxylation sites is 1. The van der Waals surface area contributed by atoms with Gasteiger partial charge in [-0.2, -0.15) is 15.0 Å². The van der Waals surface area contributed by atoms with Gasteiger partial charge in [-0.1, -0.05) is 36.4 Å². The van der Waals surface area contributed by atoms with E-state index in [2.05, 4.69) is 25.3 Å². The lowest BCUT2D eigenvalue weighted by molar-refractivity contribution is 0.181. The van der Waals surface area contributed by atoms with Gasteiger partial charge in [-0.05, 0) is 48.9 Å².